The number of hydrogen-bond donors (Lipinski definition) is 1. The van der Waals surface area contributed by atoms with Crippen LogP contribution in [0.4, 0.5) is 13.2 Å². The lowest BCUT2D eigenvalue weighted by atomic mass is 10.4. The van der Waals surface area contributed by atoms with Crippen molar-refractivity contribution in [1.29, 1.82) is 0 Å². The molecule has 88 valence electrons. The summed E-state index contributed by atoms with van der Waals surface area (Å²) >= 11 is 1.75. The van der Waals surface area contributed by atoms with Crippen LogP contribution in [0.1, 0.15) is 0 Å². The van der Waals surface area contributed by atoms with E-state index in [0.717, 1.165) is 11.5 Å². The van der Waals surface area contributed by atoms with Gasteiger partial charge in [-0.2, -0.15) is 24.9 Å². The Bertz CT molecular complexity index is 216. The zero-order chi connectivity index (χ0) is 11.3. The minimum atomic E-state index is -4.25. The van der Waals surface area contributed by atoms with E-state index in [1.165, 1.54) is 0 Å². The summed E-state index contributed by atoms with van der Waals surface area (Å²) < 4.78 is 35.3. The molecule has 1 aliphatic rings. The fraction of sp³-hybridized carbons (Fsp3) is 0.875. The van der Waals surface area contributed by atoms with Crippen molar-refractivity contribution in [3.05, 3.63) is 0 Å². The highest BCUT2D eigenvalue weighted by molar-refractivity contribution is 7.99. The molecular weight excluding hydrogens is 229 g/mol. The van der Waals surface area contributed by atoms with Gasteiger partial charge in [0.25, 0.3) is 0 Å². The van der Waals surface area contributed by atoms with E-state index in [4.69, 9.17) is 0 Å². The minimum absolute atomic E-state index is 0.232. The number of carbonyl (C=O) groups is 1. The molecule has 0 saturated carbocycles. The molecule has 1 saturated heterocycles. The first-order valence-corrected chi connectivity index (χ1v) is 5.77. The van der Waals surface area contributed by atoms with Crippen LogP contribution in [0.15, 0.2) is 0 Å². The molecule has 0 aromatic rings. The summed E-state index contributed by atoms with van der Waals surface area (Å²) in [5.41, 5.74) is 0. The van der Waals surface area contributed by atoms with E-state index >= 15 is 0 Å². The summed E-state index contributed by atoms with van der Waals surface area (Å²) in [4.78, 5) is 13.0. The Hall–Kier alpha value is -0.430. The van der Waals surface area contributed by atoms with Gasteiger partial charge in [-0.25, -0.2) is 0 Å². The van der Waals surface area contributed by atoms with E-state index in [1.54, 1.807) is 16.7 Å². The van der Waals surface area contributed by atoms with Crippen molar-refractivity contribution < 1.29 is 18.0 Å². The van der Waals surface area contributed by atoms with Gasteiger partial charge in [-0.1, -0.05) is 0 Å². The van der Waals surface area contributed by atoms with Crippen molar-refractivity contribution in [2.75, 3.05) is 37.7 Å². The molecule has 0 radical (unpaired) electrons. The van der Waals surface area contributed by atoms with Crippen LogP contribution in [0.3, 0.4) is 0 Å². The molecule has 0 aromatic carbocycles. The van der Waals surface area contributed by atoms with Gasteiger partial charge in [0, 0.05) is 24.6 Å². The van der Waals surface area contributed by atoms with Crippen molar-refractivity contribution in [2.24, 2.45) is 0 Å². The molecule has 0 unspecified atom stereocenters. The standard InChI is InChI=1S/C8H13F3N2OS/c9-8(10,11)6-12-5-7(14)13-1-3-15-4-2-13/h12H,1-6H2. The summed E-state index contributed by atoms with van der Waals surface area (Å²) in [5, 5.41) is 2.10. The molecule has 1 amide bonds. The highest BCUT2D eigenvalue weighted by atomic mass is 32.2. The lowest BCUT2D eigenvalue weighted by Gasteiger charge is -2.26. The average molecular weight is 242 g/mol. The van der Waals surface area contributed by atoms with Crippen LogP contribution in [0.2, 0.25) is 0 Å². The maximum Gasteiger partial charge on any atom is 0.401 e. The summed E-state index contributed by atoms with van der Waals surface area (Å²) in [6.45, 7) is -0.0695. The van der Waals surface area contributed by atoms with Gasteiger partial charge in [0.1, 0.15) is 0 Å². The third-order valence-corrected chi connectivity index (χ3v) is 2.91. The SMILES string of the molecule is O=C(CNCC(F)(F)F)N1CCSCC1. The number of carbonyl (C=O) groups excluding carboxylic acids is 1. The fourth-order valence-corrected chi connectivity index (χ4v) is 2.14. The van der Waals surface area contributed by atoms with Crippen LogP contribution in [0.5, 0.6) is 0 Å². The number of thioether (sulfide) groups is 1. The maximum absolute atomic E-state index is 11.8. The van der Waals surface area contributed by atoms with E-state index in [-0.39, 0.29) is 12.5 Å². The van der Waals surface area contributed by atoms with E-state index in [0.29, 0.717) is 13.1 Å². The van der Waals surface area contributed by atoms with Gasteiger partial charge in [0.2, 0.25) is 5.91 Å². The predicted octanol–water partition coefficient (Wildman–Crippen LogP) is 0.714. The fourth-order valence-electron chi connectivity index (χ4n) is 1.24. The number of rotatable bonds is 3. The smallest absolute Gasteiger partial charge is 0.340 e. The third kappa shape index (κ3) is 5.27. The van der Waals surface area contributed by atoms with Gasteiger partial charge in [0.15, 0.2) is 0 Å². The molecule has 3 nitrogen and oxygen atoms in total. The van der Waals surface area contributed by atoms with Crippen molar-refractivity contribution in [1.82, 2.24) is 10.2 Å². The molecule has 1 heterocycles. The van der Waals surface area contributed by atoms with Crippen molar-refractivity contribution in [3.63, 3.8) is 0 Å². The first-order valence-electron chi connectivity index (χ1n) is 4.62. The zero-order valence-corrected chi connectivity index (χ0v) is 8.96. The molecule has 0 atom stereocenters. The molecule has 0 bridgehead atoms. The average Bonchev–Trinajstić information content (AvgIpc) is 2.17. The molecule has 0 spiro atoms. The lowest BCUT2D eigenvalue weighted by molar-refractivity contribution is -0.133. The third-order valence-electron chi connectivity index (χ3n) is 1.97. The van der Waals surface area contributed by atoms with E-state index in [2.05, 4.69) is 5.32 Å². The van der Waals surface area contributed by atoms with Gasteiger partial charge >= 0.3 is 6.18 Å². The van der Waals surface area contributed by atoms with E-state index in [9.17, 15) is 18.0 Å². The maximum atomic E-state index is 11.8. The van der Waals surface area contributed by atoms with Crippen LogP contribution in [-0.4, -0.2) is 54.7 Å². The molecule has 0 aliphatic carbocycles. The quantitative estimate of drug-likeness (QED) is 0.791. The second-order valence-corrected chi connectivity index (χ2v) is 4.44. The summed E-state index contributed by atoms with van der Waals surface area (Å²) in [6.07, 6.45) is -4.25. The zero-order valence-electron chi connectivity index (χ0n) is 8.14. The van der Waals surface area contributed by atoms with Gasteiger partial charge in [-0.3, -0.25) is 4.79 Å². The van der Waals surface area contributed by atoms with Crippen LogP contribution < -0.4 is 5.32 Å². The molecule has 0 aromatic heterocycles. The Morgan fingerprint density at radius 2 is 1.93 bits per heavy atom. The molecule has 15 heavy (non-hydrogen) atoms. The Morgan fingerprint density at radius 3 is 2.47 bits per heavy atom. The monoisotopic (exact) mass is 242 g/mol. The van der Waals surface area contributed by atoms with Crippen molar-refractivity contribution >= 4 is 17.7 Å². The number of alkyl halides is 3. The van der Waals surface area contributed by atoms with Crippen molar-refractivity contribution in [2.45, 2.75) is 6.18 Å². The van der Waals surface area contributed by atoms with Crippen LogP contribution >= 0.6 is 11.8 Å². The Labute approximate surface area is 90.4 Å². The van der Waals surface area contributed by atoms with Gasteiger partial charge in [-0.15, -0.1) is 0 Å². The first-order chi connectivity index (χ1) is 6.99. The van der Waals surface area contributed by atoms with Crippen LogP contribution in [-0.2, 0) is 4.79 Å². The van der Waals surface area contributed by atoms with Gasteiger partial charge in [-0.05, 0) is 0 Å². The number of nitrogens with zero attached hydrogens (tertiary/aromatic N) is 1. The number of amides is 1. The second kappa shape index (κ2) is 5.60. The van der Waals surface area contributed by atoms with Gasteiger partial charge < -0.3 is 10.2 Å². The topological polar surface area (TPSA) is 32.3 Å². The Morgan fingerprint density at radius 1 is 1.33 bits per heavy atom. The number of nitrogens with one attached hydrogen (secondary N) is 1. The molecular formula is C8H13F3N2OS. The van der Waals surface area contributed by atoms with Crippen molar-refractivity contribution in [3.8, 4) is 0 Å². The first kappa shape index (κ1) is 12.6. The number of halogens is 3. The van der Waals surface area contributed by atoms with Crippen LogP contribution in [0.25, 0.3) is 0 Å². The molecule has 1 fully saturated rings. The van der Waals surface area contributed by atoms with E-state index < -0.39 is 12.7 Å². The molecule has 1 aliphatic heterocycles. The minimum Gasteiger partial charge on any atom is -0.340 e. The largest absolute Gasteiger partial charge is 0.401 e. The Kier molecular flexibility index (Phi) is 4.72. The normalized spacial score (nSPS) is 17.9. The molecule has 1 N–H and O–H groups in total. The summed E-state index contributed by atoms with van der Waals surface area (Å²) in [7, 11) is 0. The van der Waals surface area contributed by atoms with Crippen LogP contribution in [0, 0.1) is 0 Å². The summed E-state index contributed by atoms with van der Waals surface area (Å²) in [6, 6.07) is 0. The predicted molar refractivity (Wildman–Crippen MR) is 52.8 cm³/mol. The van der Waals surface area contributed by atoms with E-state index in [1.807, 2.05) is 0 Å². The Balaban J connectivity index is 2.17. The lowest BCUT2D eigenvalue weighted by Crippen LogP contribution is -2.44. The second-order valence-electron chi connectivity index (χ2n) is 3.21. The number of hydrogen-bond acceptors (Lipinski definition) is 3. The summed E-state index contributed by atoms with van der Waals surface area (Å²) in [5.74, 6) is 1.48. The highest BCUT2D eigenvalue weighted by Gasteiger charge is 2.27. The highest BCUT2D eigenvalue weighted by Crippen LogP contribution is 2.12. The molecule has 1 rings (SSSR count). The molecule has 7 heteroatoms. The van der Waals surface area contributed by atoms with Gasteiger partial charge in [0.05, 0.1) is 13.1 Å².